The fraction of sp³-hybridized carbons (Fsp3) is 0.769. The monoisotopic (exact) mass is 221 g/mol. The molecular weight excluding hydrogens is 198 g/mol. The smallest absolute Gasteiger partial charge is 0.0954 e. The predicted octanol–water partition coefficient (Wildman–Crippen LogP) is 2.43. The highest BCUT2D eigenvalue weighted by Crippen LogP contribution is 2.36. The van der Waals surface area contributed by atoms with Crippen LogP contribution in [0.3, 0.4) is 0 Å². The molecule has 0 radical (unpaired) electrons. The summed E-state index contributed by atoms with van der Waals surface area (Å²) >= 11 is 0. The molecule has 2 rings (SSSR count). The minimum absolute atomic E-state index is 0.269. The minimum Gasteiger partial charge on any atom is -0.330 e. The van der Waals surface area contributed by atoms with E-state index in [0.717, 1.165) is 18.0 Å². The summed E-state index contributed by atoms with van der Waals surface area (Å²) in [6, 6.07) is 0.698. The lowest BCUT2D eigenvalue weighted by atomic mass is 9.77. The minimum atomic E-state index is 0.269. The SMILES string of the molecule is Cc1ncn(C2C(C)CC(C)CC2N)c1C. The van der Waals surface area contributed by atoms with Crippen molar-refractivity contribution in [2.24, 2.45) is 17.6 Å². The van der Waals surface area contributed by atoms with Crippen LogP contribution >= 0.6 is 0 Å². The fourth-order valence-electron chi connectivity index (χ4n) is 3.19. The Morgan fingerprint density at radius 3 is 2.50 bits per heavy atom. The molecule has 1 aliphatic carbocycles. The van der Waals surface area contributed by atoms with Gasteiger partial charge in [0.1, 0.15) is 0 Å². The van der Waals surface area contributed by atoms with Crippen LogP contribution < -0.4 is 5.73 Å². The summed E-state index contributed by atoms with van der Waals surface area (Å²) in [7, 11) is 0. The molecule has 16 heavy (non-hydrogen) atoms. The molecule has 0 amide bonds. The van der Waals surface area contributed by atoms with Gasteiger partial charge in [0.15, 0.2) is 0 Å². The molecule has 1 fully saturated rings. The van der Waals surface area contributed by atoms with E-state index in [4.69, 9.17) is 5.73 Å². The lowest BCUT2D eigenvalue weighted by Gasteiger charge is -2.39. The van der Waals surface area contributed by atoms with E-state index in [-0.39, 0.29) is 6.04 Å². The Labute approximate surface area is 98.1 Å². The van der Waals surface area contributed by atoms with Gasteiger partial charge in [-0.05, 0) is 38.5 Å². The second-order valence-electron chi connectivity index (χ2n) is 5.53. The molecule has 3 heteroatoms. The molecule has 0 spiro atoms. The van der Waals surface area contributed by atoms with Crippen molar-refractivity contribution >= 4 is 0 Å². The molecule has 1 heterocycles. The van der Waals surface area contributed by atoms with Crippen LogP contribution in [0.1, 0.15) is 44.1 Å². The first kappa shape index (κ1) is 11.6. The van der Waals surface area contributed by atoms with E-state index >= 15 is 0 Å². The number of hydrogen-bond donors (Lipinski definition) is 1. The van der Waals surface area contributed by atoms with Crippen molar-refractivity contribution in [3.05, 3.63) is 17.7 Å². The van der Waals surface area contributed by atoms with Gasteiger partial charge in [0, 0.05) is 11.7 Å². The highest BCUT2D eigenvalue weighted by Gasteiger charge is 2.33. The van der Waals surface area contributed by atoms with Gasteiger partial charge in [-0.1, -0.05) is 13.8 Å². The Hall–Kier alpha value is -0.830. The third-order valence-electron chi connectivity index (χ3n) is 4.08. The molecule has 0 saturated heterocycles. The lowest BCUT2D eigenvalue weighted by molar-refractivity contribution is 0.176. The summed E-state index contributed by atoms with van der Waals surface area (Å²) in [5.41, 5.74) is 8.71. The van der Waals surface area contributed by atoms with E-state index in [9.17, 15) is 0 Å². The molecule has 0 aromatic carbocycles. The van der Waals surface area contributed by atoms with Gasteiger partial charge in [-0.3, -0.25) is 0 Å². The molecule has 1 aromatic heterocycles. The lowest BCUT2D eigenvalue weighted by Crippen LogP contribution is -2.42. The molecule has 0 bridgehead atoms. The number of aromatic nitrogens is 2. The van der Waals surface area contributed by atoms with E-state index in [1.165, 1.54) is 12.1 Å². The van der Waals surface area contributed by atoms with Crippen LogP contribution in [0, 0.1) is 25.7 Å². The summed E-state index contributed by atoms with van der Waals surface area (Å²) in [4.78, 5) is 4.39. The van der Waals surface area contributed by atoms with Gasteiger partial charge in [-0.25, -0.2) is 4.98 Å². The maximum atomic E-state index is 6.32. The van der Waals surface area contributed by atoms with E-state index in [1.54, 1.807) is 0 Å². The zero-order valence-electron chi connectivity index (χ0n) is 10.8. The highest BCUT2D eigenvalue weighted by molar-refractivity contribution is 5.11. The van der Waals surface area contributed by atoms with Crippen molar-refractivity contribution in [2.45, 2.75) is 52.6 Å². The van der Waals surface area contributed by atoms with E-state index < -0.39 is 0 Å². The standard InChI is InChI=1S/C13H23N3/c1-8-5-9(2)13(12(14)6-8)16-7-15-10(3)11(16)4/h7-9,12-13H,5-6,14H2,1-4H3. The van der Waals surface area contributed by atoms with Gasteiger partial charge in [0.25, 0.3) is 0 Å². The van der Waals surface area contributed by atoms with Crippen molar-refractivity contribution in [3.63, 3.8) is 0 Å². The van der Waals surface area contributed by atoms with Crippen molar-refractivity contribution in [3.8, 4) is 0 Å². The normalized spacial score (nSPS) is 35.3. The van der Waals surface area contributed by atoms with Gasteiger partial charge >= 0.3 is 0 Å². The van der Waals surface area contributed by atoms with Gasteiger partial charge in [0.2, 0.25) is 0 Å². The summed E-state index contributed by atoms with van der Waals surface area (Å²) in [5.74, 6) is 1.40. The summed E-state index contributed by atoms with van der Waals surface area (Å²) in [5, 5.41) is 0. The molecule has 0 aliphatic heterocycles. The first-order valence-electron chi connectivity index (χ1n) is 6.26. The quantitative estimate of drug-likeness (QED) is 0.791. The summed E-state index contributed by atoms with van der Waals surface area (Å²) < 4.78 is 2.29. The largest absolute Gasteiger partial charge is 0.330 e. The number of aryl methyl sites for hydroxylation is 1. The van der Waals surface area contributed by atoms with Crippen LogP contribution in [0.5, 0.6) is 0 Å². The zero-order chi connectivity index (χ0) is 11.9. The Balaban J connectivity index is 2.29. The number of hydrogen-bond acceptors (Lipinski definition) is 2. The summed E-state index contributed by atoms with van der Waals surface area (Å²) in [6.45, 7) is 8.82. The average molecular weight is 221 g/mol. The third-order valence-corrected chi connectivity index (χ3v) is 4.08. The molecule has 1 aliphatic rings. The highest BCUT2D eigenvalue weighted by atomic mass is 15.1. The Bertz CT molecular complexity index is 357. The third kappa shape index (κ3) is 1.88. The molecule has 1 saturated carbocycles. The molecular formula is C13H23N3. The van der Waals surface area contributed by atoms with Crippen LogP contribution in [-0.2, 0) is 0 Å². The first-order chi connectivity index (χ1) is 7.50. The van der Waals surface area contributed by atoms with Crippen molar-refractivity contribution in [1.82, 2.24) is 9.55 Å². The molecule has 4 unspecified atom stereocenters. The Morgan fingerprint density at radius 1 is 1.31 bits per heavy atom. The molecule has 2 N–H and O–H groups in total. The number of nitrogens with zero attached hydrogens (tertiary/aromatic N) is 2. The number of nitrogens with two attached hydrogens (primary N) is 1. The zero-order valence-corrected chi connectivity index (χ0v) is 10.8. The Morgan fingerprint density at radius 2 is 2.00 bits per heavy atom. The topological polar surface area (TPSA) is 43.8 Å². The fourth-order valence-corrected chi connectivity index (χ4v) is 3.19. The maximum Gasteiger partial charge on any atom is 0.0954 e. The molecule has 1 aromatic rings. The number of imidazole rings is 1. The van der Waals surface area contributed by atoms with E-state index in [1.807, 2.05) is 6.33 Å². The van der Waals surface area contributed by atoms with Gasteiger partial charge < -0.3 is 10.3 Å². The first-order valence-corrected chi connectivity index (χ1v) is 6.26. The summed E-state index contributed by atoms with van der Waals surface area (Å²) in [6.07, 6.45) is 4.36. The average Bonchev–Trinajstić information content (AvgIpc) is 2.48. The van der Waals surface area contributed by atoms with Crippen LogP contribution in [0.2, 0.25) is 0 Å². The maximum absolute atomic E-state index is 6.32. The molecule has 90 valence electrons. The van der Waals surface area contributed by atoms with Crippen LogP contribution in [0.15, 0.2) is 6.33 Å². The van der Waals surface area contributed by atoms with Gasteiger partial charge in [-0.15, -0.1) is 0 Å². The van der Waals surface area contributed by atoms with E-state index in [2.05, 4.69) is 37.2 Å². The van der Waals surface area contributed by atoms with E-state index in [0.29, 0.717) is 12.0 Å². The van der Waals surface area contributed by atoms with Gasteiger partial charge in [-0.2, -0.15) is 0 Å². The van der Waals surface area contributed by atoms with Crippen LogP contribution in [0.4, 0.5) is 0 Å². The van der Waals surface area contributed by atoms with Gasteiger partial charge in [0.05, 0.1) is 18.1 Å². The molecule has 3 nitrogen and oxygen atoms in total. The second-order valence-corrected chi connectivity index (χ2v) is 5.53. The predicted molar refractivity (Wildman–Crippen MR) is 66.3 cm³/mol. The van der Waals surface area contributed by atoms with Crippen molar-refractivity contribution < 1.29 is 0 Å². The van der Waals surface area contributed by atoms with Crippen LogP contribution in [0.25, 0.3) is 0 Å². The van der Waals surface area contributed by atoms with Crippen molar-refractivity contribution in [2.75, 3.05) is 0 Å². The van der Waals surface area contributed by atoms with Crippen molar-refractivity contribution in [1.29, 1.82) is 0 Å². The number of rotatable bonds is 1. The molecule has 4 atom stereocenters. The Kier molecular flexibility index (Phi) is 3.06. The van der Waals surface area contributed by atoms with Crippen LogP contribution in [-0.4, -0.2) is 15.6 Å². The second kappa shape index (κ2) is 4.21.